The first-order valence-corrected chi connectivity index (χ1v) is 10.4. The van der Waals surface area contributed by atoms with E-state index in [1.54, 1.807) is 54.6 Å². The Bertz CT molecular complexity index is 1240. The smallest absolute Gasteiger partial charge is 0.262 e. The largest absolute Gasteiger partial charge is 0.484 e. The molecule has 0 aliphatic heterocycles. The average Bonchev–Trinajstić information content (AvgIpc) is 2.82. The number of Topliss-reactive ketones (excluding diaryl/α,β-unsaturated/α-hetero) is 1. The first kappa shape index (κ1) is 21.5. The molecular weight excluding hydrogens is 430 g/mol. The Hall–Kier alpha value is -3.77. The number of anilines is 1. The molecule has 0 aromatic heterocycles. The quantitative estimate of drug-likeness (QED) is 0.435. The fourth-order valence-electron chi connectivity index (χ4n) is 3.62. The molecule has 6 nitrogen and oxygen atoms in total. The molecule has 0 bridgehead atoms. The molecule has 0 spiro atoms. The van der Waals surface area contributed by atoms with E-state index in [0.717, 1.165) is 0 Å². The monoisotopic (exact) mass is 447 g/mol. The summed E-state index contributed by atoms with van der Waals surface area (Å²) in [4.78, 5) is 51.0. The molecule has 1 aliphatic carbocycles. The summed E-state index contributed by atoms with van der Waals surface area (Å²) in [5.74, 6) is -1.22. The highest BCUT2D eigenvalue weighted by Crippen LogP contribution is 2.34. The van der Waals surface area contributed by atoms with E-state index in [-0.39, 0.29) is 52.9 Å². The zero-order valence-electron chi connectivity index (χ0n) is 16.9. The number of nitrogens with one attached hydrogen (secondary N) is 1. The number of para-hydroxylation sites is 1. The van der Waals surface area contributed by atoms with Crippen LogP contribution in [0.25, 0.3) is 0 Å². The van der Waals surface area contributed by atoms with Gasteiger partial charge in [-0.15, -0.1) is 11.6 Å². The van der Waals surface area contributed by atoms with E-state index in [1.165, 1.54) is 6.07 Å². The number of amides is 1. The molecule has 0 saturated carbocycles. The standard InChI is InChI=1S/C25H18ClNO5/c26-13-16(28)12-15-10-11-20-22(25(31)19-9-5-4-8-18(19)24(20)30)23(15)27-21(29)14-32-17-6-2-1-3-7-17/h1-11H,12-14H2,(H,27,29). The molecule has 1 N–H and O–H groups in total. The number of rotatable bonds is 7. The lowest BCUT2D eigenvalue weighted by molar-refractivity contribution is -0.118. The summed E-state index contributed by atoms with van der Waals surface area (Å²) in [6.07, 6.45) is -0.0882. The summed E-state index contributed by atoms with van der Waals surface area (Å²) in [5, 5.41) is 2.69. The summed E-state index contributed by atoms with van der Waals surface area (Å²) in [5.41, 5.74) is 1.34. The van der Waals surface area contributed by atoms with Gasteiger partial charge in [-0.25, -0.2) is 0 Å². The molecule has 3 aromatic carbocycles. The number of fused-ring (bicyclic) bond motifs is 2. The van der Waals surface area contributed by atoms with Crippen LogP contribution in [0.3, 0.4) is 0 Å². The molecule has 32 heavy (non-hydrogen) atoms. The zero-order chi connectivity index (χ0) is 22.7. The molecule has 0 saturated heterocycles. The molecular formula is C25H18ClNO5. The molecule has 7 heteroatoms. The average molecular weight is 448 g/mol. The van der Waals surface area contributed by atoms with Gasteiger partial charge in [0.25, 0.3) is 5.91 Å². The van der Waals surface area contributed by atoms with Crippen LogP contribution in [0.5, 0.6) is 5.75 Å². The predicted octanol–water partition coefficient (Wildman–Crippen LogP) is 3.83. The van der Waals surface area contributed by atoms with E-state index < -0.39 is 11.7 Å². The first-order chi connectivity index (χ1) is 15.5. The summed E-state index contributed by atoms with van der Waals surface area (Å²) >= 11 is 5.66. The topological polar surface area (TPSA) is 89.5 Å². The molecule has 1 amide bonds. The SMILES string of the molecule is O=C(CCl)Cc1ccc2c(c1NC(=O)COc1ccccc1)C(=O)c1ccccc1C2=O. The summed E-state index contributed by atoms with van der Waals surface area (Å²) < 4.78 is 5.48. The molecule has 0 fully saturated rings. The Labute approximate surface area is 189 Å². The number of hydrogen-bond donors (Lipinski definition) is 1. The van der Waals surface area contributed by atoms with Crippen LogP contribution in [0, 0.1) is 0 Å². The van der Waals surface area contributed by atoms with Crippen LogP contribution in [-0.4, -0.2) is 35.7 Å². The lowest BCUT2D eigenvalue weighted by Crippen LogP contribution is -2.27. The van der Waals surface area contributed by atoms with Gasteiger partial charge < -0.3 is 10.1 Å². The van der Waals surface area contributed by atoms with Crippen LogP contribution >= 0.6 is 11.6 Å². The van der Waals surface area contributed by atoms with Crippen molar-refractivity contribution in [3.05, 3.63) is 94.5 Å². The molecule has 3 aromatic rings. The maximum absolute atomic E-state index is 13.3. The second kappa shape index (κ2) is 9.16. The lowest BCUT2D eigenvalue weighted by Gasteiger charge is -2.22. The normalized spacial score (nSPS) is 12.0. The summed E-state index contributed by atoms with van der Waals surface area (Å²) in [6, 6.07) is 18.4. The number of alkyl halides is 1. The molecule has 160 valence electrons. The third kappa shape index (κ3) is 4.18. The van der Waals surface area contributed by atoms with E-state index >= 15 is 0 Å². The van der Waals surface area contributed by atoms with Gasteiger partial charge >= 0.3 is 0 Å². The van der Waals surface area contributed by atoms with Gasteiger partial charge in [0.15, 0.2) is 24.0 Å². The van der Waals surface area contributed by atoms with Crippen molar-refractivity contribution in [2.24, 2.45) is 0 Å². The third-order valence-electron chi connectivity index (χ3n) is 5.09. The Morgan fingerprint density at radius 3 is 2.16 bits per heavy atom. The van der Waals surface area contributed by atoms with E-state index in [0.29, 0.717) is 16.9 Å². The summed E-state index contributed by atoms with van der Waals surface area (Å²) in [6.45, 7) is -0.310. The minimum absolute atomic E-state index is 0.0710. The number of carbonyl (C=O) groups excluding carboxylic acids is 4. The van der Waals surface area contributed by atoms with Crippen LogP contribution in [0.2, 0.25) is 0 Å². The number of ketones is 3. The highest BCUT2D eigenvalue weighted by Gasteiger charge is 2.33. The van der Waals surface area contributed by atoms with Gasteiger partial charge in [0.05, 0.1) is 17.1 Å². The number of halogens is 1. The van der Waals surface area contributed by atoms with E-state index in [4.69, 9.17) is 16.3 Å². The second-order valence-electron chi connectivity index (χ2n) is 7.23. The Morgan fingerprint density at radius 1 is 0.812 bits per heavy atom. The fraction of sp³-hybridized carbons (Fsp3) is 0.120. The van der Waals surface area contributed by atoms with Crippen molar-refractivity contribution in [3.63, 3.8) is 0 Å². The van der Waals surface area contributed by atoms with Gasteiger partial charge in [0.1, 0.15) is 5.75 Å². The van der Waals surface area contributed by atoms with Gasteiger partial charge in [-0.05, 0) is 23.8 Å². The zero-order valence-corrected chi connectivity index (χ0v) is 17.6. The lowest BCUT2D eigenvalue weighted by atomic mass is 9.81. The van der Waals surface area contributed by atoms with Crippen molar-refractivity contribution in [2.75, 3.05) is 17.8 Å². The third-order valence-corrected chi connectivity index (χ3v) is 5.39. The van der Waals surface area contributed by atoms with Crippen LogP contribution in [0.1, 0.15) is 37.4 Å². The minimum atomic E-state index is -0.527. The molecule has 0 radical (unpaired) electrons. The number of benzene rings is 3. The number of ether oxygens (including phenoxy) is 1. The van der Waals surface area contributed by atoms with Crippen LogP contribution < -0.4 is 10.1 Å². The first-order valence-electron chi connectivity index (χ1n) is 9.89. The number of carbonyl (C=O) groups is 4. The molecule has 0 unspecified atom stereocenters. The summed E-state index contributed by atoms with van der Waals surface area (Å²) in [7, 11) is 0. The van der Waals surface area contributed by atoms with E-state index in [9.17, 15) is 19.2 Å². The van der Waals surface area contributed by atoms with Crippen LogP contribution in [-0.2, 0) is 16.0 Å². The van der Waals surface area contributed by atoms with Gasteiger partial charge in [-0.2, -0.15) is 0 Å². The van der Waals surface area contributed by atoms with E-state index in [1.807, 2.05) is 6.07 Å². The van der Waals surface area contributed by atoms with Crippen LogP contribution in [0.15, 0.2) is 66.7 Å². The highest BCUT2D eigenvalue weighted by atomic mass is 35.5. The number of hydrogen-bond acceptors (Lipinski definition) is 5. The maximum Gasteiger partial charge on any atom is 0.262 e. The van der Waals surface area contributed by atoms with Gasteiger partial charge in [0.2, 0.25) is 0 Å². The van der Waals surface area contributed by atoms with Crippen molar-refractivity contribution >= 4 is 40.5 Å². The Balaban J connectivity index is 1.72. The van der Waals surface area contributed by atoms with Gasteiger partial charge in [-0.1, -0.05) is 48.5 Å². The van der Waals surface area contributed by atoms with Gasteiger partial charge in [-0.3, -0.25) is 19.2 Å². The Kier molecular flexibility index (Phi) is 6.14. The fourth-order valence-corrected chi connectivity index (χ4v) is 3.72. The molecule has 4 rings (SSSR count). The maximum atomic E-state index is 13.3. The van der Waals surface area contributed by atoms with E-state index in [2.05, 4.69) is 5.32 Å². The predicted molar refractivity (Wildman–Crippen MR) is 120 cm³/mol. The van der Waals surface area contributed by atoms with Crippen LogP contribution in [0.4, 0.5) is 5.69 Å². The molecule has 1 aliphatic rings. The minimum Gasteiger partial charge on any atom is -0.484 e. The Morgan fingerprint density at radius 2 is 1.47 bits per heavy atom. The molecule has 0 atom stereocenters. The van der Waals surface area contributed by atoms with Gasteiger partial charge in [0, 0.05) is 23.1 Å². The molecule has 0 heterocycles. The van der Waals surface area contributed by atoms with Crippen molar-refractivity contribution in [2.45, 2.75) is 6.42 Å². The van der Waals surface area contributed by atoms with Crippen molar-refractivity contribution in [1.82, 2.24) is 0 Å². The van der Waals surface area contributed by atoms with Crippen molar-refractivity contribution in [1.29, 1.82) is 0 Å². The highest BCUT2D eigenvalue weighted by molar-refractivity contribution is 6.31. The van der Waals surface area contributed by atoms with Crippen molar-refractivity contribution < 1.29 is 23.9 Å². The van der Waals surface area contributed by atoms with Crippen molar-refractivity contribution in [3.8, 4) is 5.75 Å². The second-order valence-corrected chi connectivity index (χ2v) is 7.49.